The molecule has 1 aromatic heterocycles. The summed E-state index contributed by atoms with van der Waals surface area (Å²) in [5.41, 5.74) is 6.39. The van der Waals surface area contributed by atoms with E-state index in [1.54, 1.807) is 0 Å². The molecule has 1 heterocycles. The fourth-order valence-electron chi connectivity index (χ4n) is 3.01. The minimum Gasteiger partial charge on any atom is -0.326 e. The molecule has 3 heteroatoms. The predicted molar refractivity (Wildman–Crippen MR) is 75.4 cm³/mol. The van der Waals surface area contributed by atoms with Gasteiger partial charge in [0.05, 0.1) is 6.04 Å². The number of rotatable bonds is 1. The van der Waals surface area contributed by atoms with Crippen LogP contribution in [-0.4, -0.2) is 15.8 Å². The molecule has 2 unspecified atom stereocenters. The molecule has 2 rings (SSSR count). The third-order valence-electron chi connectivity index (χ3n) is 4.15. The fraction of sp³-hybridized carbons (Fsp3) is 0.800. The van der Waals surface area contributed by atoms with Gasteiger partial charge in [-0.25, -0.2) is 0 Å². The Morgan fingerprint density at radius 1 is 0.889 bits per heavy atom. The lowest BCUT2D eigenvalue weighted by atomic mass is 9.95. The van der Waals surface area contributed by atoms with Gasteiger partial charge in [0.2, 0.25) is 0 Å². The number of nitrogens with zero attached hydrogens (tertiary/aromatic N) is 2. The molecule has 1 saturated carbocycles. The van der Waals surface area contributed by atoms with Crippen LogP contribution in [0.1, 0.15) is 70.3 Å². The molecule has 1 aliphatic rings. The van der Waals surface area contributed by atoms with Crippen molar-refractivity contribution in [2.75, 3.05) is 0 Å². The van der Waals surface area contributed by atoms with Crippen molar-refractivity contribution in [3.05, 3.63) is 18.5 Å². The maximum atomic E-state index is 6.39. The van der Waals surface area contributed by atoms with Crippen molar-refractivity contribution >= 4 is 0 Å². The highest BCUT2D eigenvalue weighted by molar-refractivity contribution is 4.86. The zero-order valence-electron chi connectivity index (χ0n) is 11.4. The summed E-state index contributed by atoms with van der Waals surface area (Å²) in [7, 11) is 0. The van der Waals surface area contributed by atoms with Gasteiger partial charge in [-0.05, 0) is 18.9 Å². The second-order valence-corrected chi connectivity index (χ2v) is 5.62. The molecule has 0 saturated heterocycles. The quantitative estimate of drug-likeness (QED) is 0.825. The first-order valence-electron chi connectivity index (χ1n) is 7.62. The van der Waals surface area contributed by atoms with Crippen LogP contribution < -0.4 is 5.73 Å². The number of hydrogen-bond acceptors (Lipinski definition) is 2. The van der Waals surface area contributed by atoms with E-state index in [0.717, 1.165) is 6.42 Å². The van der Waals surface area contributed by atoms with E-state index in [0.29, 0.717) is 6.04 Å². The standard InChI is InChI=1S/C15H27N3/c16-14-10-7-5-3-1-2-4-6-8-11-15(14)18-13-9-12-17-18/h9,12-15H,1-8,10-11,16H2. The maximum absolute atomic E-state index is 6.39. The minimum atomic E-state index is 0.268. The van der Waals surface area contributed by atoms with Gasteiger partial charge >= 0.3 is 0 Å². The summed E-state index contributed by atoms with van der Waals surface area (Å²) >= 11 is 0. The van der Waals surface area contributed by atoms with Gasteiger partial charge in [0.25, 0.3) is 0 Å². The van der Waals surface area contributed by atoms with Crippen molar-refractivity contribution in [1.82, 2.24) is 9.78 Å². The first kappa shape index (κ1) is 13.6. The normalized spacial score (nSPS) is 28.3. The van der Waals surface area contributed by atoms with Gasteiger partial charge in [0, 0.05) is 18.4 Å². The molecule has 0 aromatic carbocycles. The van der Waals surface area contributed by atoms with Gasteiger partial charge in [-0.3, -0.25) is 4.68 Å². The van der Waals surface area contributed by atoms with Crippen LogP contribution in [0.2, 0.25) is 0 Å². The van der Waals surface area contributed by atoms with Gasteiger partial charge in [-0.1, -0.05) is 51.4 Å². The van der Waals surface area contributed by atoms with E-state index >= 15 is 0 Å². The zero-order valence-corrected chi connectivity index (χ0v) is 11.4. The van der Waals surface area contributed by atoms with Crippen molar-refractivity contribution in [2.24, 2.45) is 5.73 Å². The van der Waals surface area contributed by atoms with Crippen molar-refractivity contribution < 1.29 is 0 Å². The average Bonchev–Trinajstić information content (AvgIpc) is 2.87. The van der Waals surface area contributed by atoms with E-state index < -0.39 is 0 Å². The molecular weight excluding hydrogens is 222 g/mol. The van der Waals surface area contributed by atoms with Crippen LogP contribution >= 0.6 is 0 Å². The maximum Gasteiger partial charge on any atom is 0.0670 e. The highest BCUT2D eigenvalue weighted by Gasteiger charge is 2.19. The molecule has 3 nitrogen and oxygen atoms in total. The Kier molecular flexibility index (Phi) is 5.72. The number of nitrogens with two attached hydrogens (primary N) is 1. The highest BCUT2D eigenvalue weighted by atomic mass is 15.3. The molecule has 2 N–H and O–H groups in total. The average molecular weight is 249 g/mol. The molecule has 1 fully saturated rings. The van der Waals surface area contributed by atoms with Gasteiger partial charge in [-0.2, -0.15) is 5.10 Å². The summed E-state index contributed by atoms with van der Waals surface area (Å²) in [5, 5.41) is 4.40. The van der Waals surface area contributed by atoms with Crippen molar-refractivity contribution in [1.29, 1.82) is 0 Å². The Labute approximate surface area is 111 Å². The Balaban J connectivity index is 1.94. The van der Waals surface area contributed by atoms with E-state index in [1.807, 2.05) is 12.3 Å². The zero-order chi connectivity index (χ0) is 12.6. The van der Waals surface area contributed by atoms with Crippen LogP contribution in [0.5, 0.6) is 0 Å². The molecule has 0 amide bonds. The molecule has 0 bridgehead atoms. The monoisotopic (exact) mass is 249 g/mol. The van der Waals surface area contributed by atoms with Crippen LogP contribution in [0.3, 0.4) is 0 Å². The molecule has 1 aliphatic carbocycles. The van der Waals surface area contributed by atoms with E-state index in [9.17, 15) is 0 Å². The third-order valence-corrected chi connectivity index (χ3v) is 4.15. The predicted octanol–water partition coefficient (Wildman–Crippen LogP) is 3.67. The molecule has 1 aromatic rings. The van der Waals surface area contributed by atoms with Crippen LogP contribution in [0.25, 0.3) is 0 Å². The van der Waals surface area contributed by atoms with E-state index in [-0.39, 0.29) is 6.04 Å². The second-order valence-electron chi connectivity index (χ2n) is 5.62. The summed E-state index contributed by atoms with van der Waals surface area (Å²) in [5.74, 6) is 0. The smallest absolute Gasteiger partial charge is 0.0670 e. The fourth-order valence-corrected chi connectivity index (χ4v) is 3.01. The summed E-state index contributed by atoms with van der Waals surface area (Å²) in [4.78, 5) is 0. The summed E-state index contributed by atoms with van der Waals surface area (Å²) < 4.78 is 2.08. The van der Waals surface area contributed by atoms with Crippen LogP contribution in [0.4, 0.5) is 0 Å². The lowest BCUT2D eigenvalue weighted by Crippen LogP contribution is -2.32. The van der Waals surface area contributed by atoms with Crippen molar-refractivity contribution in [3.63, 3.8) is 0 Å². The van der Waals surface area contributed by atoms with Crippen LogP contribution in [0, 0.1) is 0 Å². The SMILES string of the molecule is NC1CCCCCCCCCCC1n1cccn1. The number of aromatic nitrogens is 2. The molecule has 0 spiro atoms. The van der Waals surface area contributed by atoms with E-state index in [4.69, 9.17) is 5.73 Å². The van der Waals surface area contributed by atoms with Gasteiger partial charge in [-0.15, -0.1) is 0 Å². The lowest BCUT2D eigenvalue weighted by molar-refractivity contribution is 0.320. The largest absolute Gasteiger partial charge is 0.326 e. The Morgan fingerprint density at radius 2 is 1.50 bits per heavy atom. The molecule has 0 aliphatic heterocycles. The van der Waals surface area contributed by atoms with Gasteiger partial charge in [0.15, 0.2) is 0 Å². The van der Waals surface area contributed by atoms with Gasteiger partial charge < -0.3 is 5.73 Å². The van der Waals surface area contributed by atoms with Crippen LogP contribution in [0.15, 0.2) is 18.5 Å². The van der Waals surface area contributed by atoms with Crippen molar-refractivity contribution in [2.45, 2.75) is 76.3 Å². The summed E-state index contributed by atoms with van der Waals surface area (Å²) in [6.45, 7) is 0. The number of hydrogen-bond donors (Lipinski definition) is 1. The minimum absolute atomic E-state index is 0.268. The van der Waals surface area contributed by atoms with Crippen LogP contribution in [-0.2, 0) is 0 Å². The molecule has 102 valence electrons. The third kappa shape index (κ3) is 4.13. The highest BCUT2D eigenvalue weighted by Crippen LogP contribution is 2.23. The molecule has 0 radical (unpaired) electrons. The summed E-state index contributed by atoms with van der Waals surface area (Å²) in [6, 6.07) is 2.67. The second kappa shape index (κ2) is 7.57. The first-order valence-corrected chi connectivity index (χ1v) is 7.62. The van der Waals surface area contributed by atoms with Crippen molar-refractivity contribution in [3.8, 4) is 0 Å². The van der Waals surface area contributed by atoms with E-state index in [1.165, 1.54) is 57.8 Å². The summed E-state index contributed by atoms with van der Waals surface area (Å²) in [6.07, 6.45) is 17.1. The first-order chi connectivity index (χ1) is 8.88. The lowest BCUT2D eigenvalue weighted by Gasteiger charge is -2.25. The molecular formula is C15H27N3. The van der Waals surface area contributed by atoms with Gasteiger partial charge in [0.1, 0.15) is 0 Å². The Hall–Kier alpha value is -0.830. The molecule has 2 atom stereocenters. The van der Waals surface area contributed by atoms with E-state index in [2.05, 4.69) is 16.0 Å². The topological polar surface area (TPSA) is 43.8 Å². The molecule has 18 heavy (non-hydrogen) atoms. The Bertz CT molecular complexity index is 308. The Morgan fingerprint density at radius 3 is 2.11 bits per heavy atom.